The van der Waals surface area contributed by atoms with Gasteiger partial charge in [0.25, 0.3) is 10.0 Å². The summed E-state index contributed by atoms with van der Waals surface area (Å²) in [5.74, 6) is 0.0964. The highest BCUT2D eigenvalue weighted by Gasteiger charge is 2.30. The maximum absolute atomic E-state index is 13.7. The molecule has 3 aromatic rings. The third-order valence-electron chi connectivity index (χ3n) is 6.43. The summed E-state index contributed by atoms with van der Waals surface area (Å²) in [5, 5.41) is 2.64. The van der Waals surface area contributed by atoms with Crippen LogP contribution in [0.4, 0.5) is 11.4 Å². The summed E-state index contributed by atoms with van der Waals surface area (Å²) >= 11 is 0. The molecule has 1 aliphatic heterocycles. The zero-order valence-electron chi connectivity index (χ0n) is 22.0. The van der Waals surface area contributed by atoms with Crippen LogP contribution in [0.25, 0.3) is 0 Å². The van der Waals surface area contributed by atoms with Crippen molar-refractivity contribution in [1.29, 1.82) is 0 Å². The first-order valence-corrected chi connectivity index (χ1v) is 15.2. The van der Waals surface area contributed by atoms with Gasteiger partial charge < -0.3 is 14.8 Å². The zero-order valence-corrected chi connectivity index (χ0v) is 23.6. The average molecular weight is 574 g/mol. The number of nitrogens with one attached hydrogen (secondary N) is 1. The van der Waals surface area contributed by atoms with Crippen LogP contribution in [0.2, 0.25) is 0 Å². The largest absolute Gasteiger partial charge is 0.496 e. The Morgan fingerprint density at radius 1 is 0.872 bits per heavy atom. The number of amides is 1. The van der Waals surface area contributed by atoms with Crippen LogP contribution in [0.3, 0.4) is 0 Å². The number of para-hydroxylation sites is 1. The molecule has 0 saturated carbocycles. The third kappa shape index (κ3) is 6.02. The lowest BCUT2D eigenvalue weighted by molar-refractivity contribution is -0.114. The number of hydrogen-bond acceptors (Lipinski definition) is 7. The van der Waals surface area contributed by atoms with Crippen LogP contribution in [0, 0.1) is 6.92 Å². The number of hydrogen-bond donors (Lipinski definition) is 1. The molecule has 12 heteroatoms. The number of carbonyl (C=O) groups is 1. The number of benzene rings is 3. The van der Waals surface area contributed by atoms with Gasteiger partial charge in [0.2, 0.25) is 15.9 Å². The summed E-state index contributed by atoms with van der Waals surface area (Å²) in [6, 6.07) is 16.9. The van der Waals surface area contributed by atoms with E-state index in [9.17, 15) is 21.6 Å². The van der Waals surface area contributed by atoms with Crippen molar-refractivity contribution in [2.45, 2.75) is 29.6 Å². The van der Waals surface area contributed by atoms with E-state index in [1.807, 2.05) is 0 Å². The number of sulfonamides is 2. The van der Waals surface area contributed by atoms with Gasteiger partial charge >= 0.3 is 0 Å². The minimum Gasteiger partial charge on any atom is -0.496 e. The van der Waals surface area contributed by atoms with Crippen LogP contribution < -0.4 is 19.1 Å². The van der Waals surface area contributed by atoms with Crippen molar-refractivity contribution in [3.8, 4) is 11.5 Å². The van der Waals surface area contributed by atoms with Crippen LogP contribution in [0.1, 0.15) is 18.4 Å². The molecule has 4 rings (SSSR count). The summed E-state index contributed by atoms with van der Waals surface area (Å²) in [4.78, 5) is 13.3. The van der Waals surface area contributed by atoms with E-state index < -0.39 is 32.5 Å². The molecule has 1 aliphatic rings. The Hall–Kier alpha value is -3.61. The summed E-state index contributed by atoms with van der Waals surface area (Å²) in [6.45, 7) is 2.03. The molecule has 0 unspecified atom stereocenters. The van der Waals surface area contributed by atoms with Gasteiger partial charge in [0.15, 0.2) is 0 Å². The Morgan fingerprint density at radius 2 is 1.49 bits per heavy atom. The van der Waals surface area contributed by atoms with E-state index in [2.05, 4.69) is 5.32 Å². The van der Waals surface area contributed by atoms with Crippen molar-refractivity contribution in [2.75, 3.05) is 43.5 Å². The fraction of sp³-hybridized carbons (Fsp3) is 0.296. The van der Waals surface area contributed by atoms with Crippen LogP contribution in [0.15, 0.2) is 76.5 Å². The van der Waals surface area contributed by atoms with Crippen LogP contribution >= 0.6 is 0 Å². The van der Waals surface area contributed by atoms with E-state index in [0.717, 1.165) is 17.1 Å². The van der Waals surface area contributed by atoms with Crippen molar-refractivity contribution < 1.29 is 31.1 Å². The van der Waals surface area contributed by atoms with Crippen molar-refractivity contribution in [3.63, 3.8) is 0 Å². The van der Waals surface area contributed by atoms with E-state index in [1.165, 1.54) is 48.9 Å². The second-order valence-electron chi connectivity index (χ2n) is 9.00. The molecule has 0 spiro atoms. The number of methoxy groups -OCH3 is 2. The van der Waals surface area contributed by atoms with Gasteiger partial charge in [-0.25, -0.2) is 16.8 Å². The van der Waals surface area contributed by atoms with E-state index in [4.69, 9.17) is 9.47 Å². The second-order valence-corrected chi connectivity index (χ2v) is 12.8. The average Bonchev–Trinajstić information content (AvgIpc) is 3.48. The number of rotatable bonds is 10. The summed E-state index contributed by atoms with van der Waals surface area (Å²) in [5.41, 5.74) is 1.03. The Kier molecular flexibility index (Phi) is 8.48. The van der Waals surface area contributed by atoms with Gasteiger partial charge in [0.1, 0.15) is 18.0 Å². The highest BCUT2D eigenvalue weighted by Crippen LogP contribution is 2.31. The number of ether oxygens (including phenoxy) is 2. The summed E-state index contributed by atoms with van der Waals surface area (Å²) < 4.78 is 66.6. The van der Waals surface area contributed by atoms with Gasteiger partial charge in [-0.1, -0.05) is 18.2 Å². The SMILES string of the molecule is COc1ccc(S(=O)(=O)N(CC(=O)Nc2cc(S(=O)(=O)N3CCCC3)ccc2OC)c2ccccc2)cc1C. The van der Waals surface area contributed by atoms with E-state index >= 15 is 0 Å². The van der Waals surface area contributed by atoms with Gasteiger partial charge in [-0.05, 0) is 73.9 Å². The van der Waals surface area contributed by atoms with Crippen molar-refractivity contribution in [3.05, 3.63) is 72.3 Å². The lowest BCUT2D eigenvalue weighted by atomic mass is 10.2. The monoisotopic (exact) mass is 573 g/mol. The Morgan fingerprint density at radius 3 is 2.10 bits per heavy atom. The molecule has 1 amide bonds. The fourth-order valence-electron chi connectivity index (χ4n) is 4.39. The smallest absolute Gasteiger partial charge is 0.264 e. The predicted octanol–water partition coefficient (Wildman–Crippen LogP) is 3.63. The molecular weight excluding hydrogens is 542 g/mol. The summed E-state index contributed by atoms with van der Waals surface area (Å²) in [7, 11) is -5.02. The van der Waals surface area contributed by atoms with Crippen molar-refractivity contribution in [1.82, 2.24) is 4.31 Å². The maximum Gasteiger partial charge on any atom is 0.264 e. The highest BCUT2D eigenvalue weighted by atomic mass is 32.2. The van der Waals surface area contributed by atoms with E-state index in [0.29, 0.717) is 30.1 Å². The van der Waals surface area contributed by atoms with Crippen LogP contribution in [-0.4, -0.2) is 60.9 Å². The molecule has 0 bridgehead atoms. The molecule has 39 heavy (non-hydrogen) atoms. The topological polar surface area (TPSA) is 122 Å². The predicted molar refractivity (Wildman–Crippen MR) is 148 cm³/mol. The molecule has 3 aromatic carbocycles. The molecule has 1 N–H and O–H groups in total. The minimum absolute atomic E-state index is 0.00580. The lowest BCUT2D eigenvalue weighted by Crippen LogP contribution is -2.38. The third-order valence-corrected chi connectivity index (χ3v) is 10.1. The second kappa shape index (κ2) is 11.6. The van der Waals surface area contributed by atoms with Crippen molar-refractivity contribution in [2.24, 2.45) is 0 Å². The maximum atomic E-state index is 13.7. The first kappa shape index (κ1) is 28.4. The molecule has 0 aliphatic carbocycles. The molecule has 208 valence electrons. The number of anilines is 2. The lowest BCUT2D eigenvalue weighted by Gasteiger charge is -2.25. The fourth-order valence-corrected chi connectivity index (χ4v) is 7.44. The minimum atomic E-state index is -4.16. The zero-order chi connectivity index (χ0) is 28.2. The van der Waals surface area contributed by atoms with Gasteiger partial charge in [-0.15, -0.1) is 0 Å². The normalized spacial score (nSPS) is 14.1. The Labute approximate surface area is 229 Å². The van der Waals surface area contributed by atoms with Crippen LogP contribution in [0.5, 0.6) is 11.5 Å². The molecule has 10 nitrogen and oxygen atoms in total. The Bertz CT molecular complexity index is 1550. The quantitative estimate of drug-likeness (QED) is 0.393. The van der Waals surface area contributed by atoms with Gasteiger partial charge in [-0.3, -0.25) is 9.10 Å². The molecule has 0 atom stereocenters. The standard InChI is InChI=1S/C27H31N3O7S2/c1-20-17-22(11-13-25(20)36-2)39(34,35)30(21-9-5-4-6-10-21)19-27(31)28-24-18-23(12-14-26(24)37-3)38(32,33)29-15-7-8-16-29/h4-6,9-14,17-18H,7-8,15-16,19H2,1-3H3,(H,28,31). The first-order valence-electron chi connectivity index (χ1n) is 12.3. The van der Waals surface area contributed by atoms with Crippen LogP contribution in [-0.2, 0) is 24.8 Å². The molecule has 0 aromatic heterocycles. The first-order chi connectivity index (χ1) is 18.6. The summed E-state index contributed by atoms with van der Waals surface area (Å²) in [6.07, 6.45) is 1.58. The number of carbonyl (C=O) groups excluding carboxylic acids is 1. The number of aryl methyl sites for hydroxylation is 1. The van der Waals surface area contributed by atoms with Gasteiger partial charge in [0, 0.05) is 13.1 Å². The van der Waals surface area contributed by atoms with E-state index in [1.54, 1.807) is 43.3 Å². The molecule has 0 radical (unpaired) electrons. The van der Waals surface area contributed by atoms with Gasteiger partial charge in [0.05, 0.1) is 35.4 Å². The molecular formula is C27H31N3O7S2. The molecule has 1 fully saturated rings. The molecule has 1 heterocycles. The highest BCUT2D eigenvalue weighted by molar-refractivity contribution is 7.92. The number of nitrogens with zero attached hydrogens (tertiary/aromatic N) is 2. The molecule has 1 saturated heterocycles. The van der Waals surface area contributed by atoms with Gasteiger partial charge in [-0.2, -0.15) is 4.31 Å². The Balaban J connectivity index is 1.65. The van der Waals surface area contributed by atoms with E-state index in [-0.39, 0.29) is 21.2 Å². The van der Waals surface area contributed by atoms with Crippen molar-refractivity contribution >= 4 is 37.3 Å².